The van der Waals surface area contributed by atoms with Crippen LogP contribution in [0.5, 0.6) is 5.75 Å². The number of carbonyl (C=O) groups excluding carboxylic acids is 4. The first kappa shape index (κ1) is 22.4. The summed E-state index contributed by atoms with van der Waals surface area (Å²) >= 11 is 0. The van der Waals surface area contributed by atoms with Gasteiger partial charge in [-0.05, 0) is 30.2 Å². The molecule has 2 fully saturated rings. The van der Waals surface area contributed by atoms with Crippen molar-refractivity contribution in [1.82, 2.24) is 4.90 Å². The molecule has 0 bridgehead atoms. The molecule has 2 heterocycles. The van der Waals surface area contributed by atoms with E-state index in [-0.39, 0.29) is 17.7 Å². The Labute approximate surface area is 207 Å². The van der Waals surface area contributed by atoms with E-state index in [1.165, 1.54) is 0 Å². The molecule has 3 aromatic rings. The van der Waals surface area contributed by atoms with Crippen molar-refractivity contribution in [1.29, 1.82) is 0 Å². The quantitative estimate of drug-likeness (QED) is 0.417. The van der Waals surface area contributed by atoms with Gasteiger partial charge < -0.3 is 9.47 Å². The van der Waals surface area contributed by atoms with Gasteiger partial charge in [-0.3, -0.25) is 24.1 Å². The lowest BCUT2D eigenvalue weighted by Crippen LogP contribution is -2.50. The van der Waals surface area contributed by atoms with Crippen molar-refractivity contribution in [2.45, 2.75) is 25.2 Å². The fourth-order valence-corrected chi connectivity index (χ4v) is 5.70. The number of methoxy groups -OCH3 is 1. The number of hydrogen-bond donors (Lipinski definition) is 0. The molecule has 3 atom stereocenters. The van der Waals surface area contributed by atoms with Crippen LogP contribution in [0.1, 0.15) is 43.5 Å². The number of Topliss-reactive ketones (excluding diaryl/α,β-unsaturated/α-hetero) is 2. The summed E-state index contributed by atoms with van der Waals surface area (Å²) in [5, 5.41) is 0. The predicted octanol–water partition coefficient (Wildman–Crippen LogP) is 3.69. The molecule has 1 aliphatic carbocycles. The van der Waals surface area contributed by atoms with Gasteiger partial charge in [-0.2, -0.15) is 0 Å². The fraction of sp³-hybridized carbons (Fsp3) is 0.241. The van der Waals surface area contributed by atoms with Gasteiger partial charge in [0.2, 0.25) is 29.0 Å². The molecule has 36 heavy (non-hydrogen) atoms. The fourth-order valence-electron chi connectivity index (χ4n) is 5.70. The third kappa shape index (κ3) is 2.96. The average molecular weight is 482 g/mol. The zero-order chi connectivity index (χ0) is 25.2. The molecular weight excluding hydrogens is 458 g/mol. The van der Waals surface area contributed by atoms with Crippen molar-refractivity contribution >= 4 is 23.4 Å². The van der Waals surface area contributed by atoms with Gasteiger partial charge in [0.15, 0.2) is 0 Å². The van der Waals surface area contributed by atoms with Crippen LogP contribution in [-0.2, 0) is 20.9 Å². The summed E-state index contributed by atoms with van der Waals surface area (Å²) in [6.45, 7) is 1.96. The van der Waals surface area contributed by atoms with Gasteiger partial charge in [0, 0.05) is 11.1 Å². The minimum Gasteiger partial charge on any atom is -0.497 e. The van der Waals surface area contributed by atoms with Crippen LogP contribution >= 0.6 is 0 Å². The number of fused-ring (bicyclic) bond motifs is 3. The van der Waals surface area contributed by atoms with Crippen LogP contribution in [-0.4, -0.2) is 41.0 Å². The van der Waals surface area contributed by atoms with Crippen molar-refractivity contribution in [2.75, 3.05) is 7.11 Å². The Morgan fingerprint density at radius 1 is 0.833 bits per heavy atom. The highest BCUT2D eigenvalue weighted by Gasteiger charge is 2.74. The summed E-state index contributed by atoms with van der Waals surface area (Å²) in [6.07, 6.45) is -0.907. The Kier molecular flexibility index (Phi) is 4.95. The molecule has 3 aromatic carbocycles. The first-order valence-electron chi connectivity index (χ1n) is 11.8. The summed E-state index contributed by atoms with van der Waals surface area (Å²) in [5.41, 5.74) is 0.784. The van der Waals surface area contributed by atoms with Crippen LogP contribution in [0.4, 0.5) is 0 Å². The molecule has 2 amide bonds. The van der Waals surface area contributed by atoms with Crippen LogP contribution < -0.4 is 4.74 Å². The van der Waals surface area contributed by atoms with E-state index in [0.717, 1.165) is 16.0 Å². The molecule has 2 saturated heterocycles. The van der Waals surface area contributed by atoms with Crippen LogP contribution in [0.3, 0.4) is 0 Å². The van der Waals surface area contributed by atoms with E-state index in [0.29, 0.717) is 11.3 Å². The standard InChI is InChI=1S/C29H23NO6/c1-16-7-11-18(12-8-16)24-22-23(29(36-24)25(31)20-5-3-4-6-21(20)26(29)32)28(34)30(27(22)33)15-17-9-13-19(35-2)14-10-17/h3-14,22-24H,15H2,1-2H3/t22-,23-,24-/m1/s1. The highest BCUT2D eigenvalue weighted by Crippen LogP contribution is 2.57. The lowest BCUT2D eigenvalue weighted by atomic mass is 9.77. The summed E-state index contributed by atoms with van der Waals surface area (Å²) in [4.78, 5) is 56.3. The number of hydrogen-bond acceptors (Lipinski definition) is 6. The molecule has 7 heteroatoms. The van der Waals surface area contributed by atoms with Gasteiger partial charge in [-0.15, -0.1) is 0 Å². The van der Waals surface area contributed by atoms with Gasteiger partial charge in [0.05, 0.1) is 31.6 Å². The van der Waals surface area contributed by atoms with Crippen LogP contribution in [0, 0.1) is 18.8 Å². The number of nitrogens with zero attached hydrogens (tertiary/aromatic N) is 1. The van der Waals surface area contributed by atoms with E-state index >= 15 is 0 Å². The second-order valence-corrected chi connectivity index (χ2v) is 9.50. The molecule has 2 aliphatic heterocycles. The smallest absolute Gasteiger partial charge is 0.237 e. The molecule has 0 saturated carbocycles. The van der Waals surface area contributed by atoms with E-state index in [4.69, 9.17) is 9.47 Å². The maximum atomic E-state index is 13.9. The second-order valence-electron chi connectivity index (χ2n) is 9.50. The Bertz CT molecular complexity index is 1390. The summed E-state index contributed by atoms with van der Waals surface area (Å²) < 4.78 is 11.5. The number of rotatable bonds is 4. The number of imide groups is 1. The number of likely N-dealkylation sites (tertiary alicyclic amines) is 1. The number of benzene rings is 3. The topological polar surface area (TPSA) is 90.0 Å². The highest BCUT2D eigenvalue weighted by atomic mass is 16.5. The van der Waals surface area contributed by atoms with E-state index in [1.54, 1.807) is 55.6 Å². The Morgan fingerprint density at radius 3 is 2.03 bits per heavy atom. The van der Waals surface area contributed by atoms with E-state index < -0.39 is 46.9 Å². The zero-order valence-corrected chi connectivity index (χ0v) is 19.8. The summed E-state index contributed by atoms with van der Waals surface area (Å²) in [7, 11) is 1.56. The van der Waals surface area contributed by atoms with Crippen molar-refractivity contribution < 1.29 is 28.7 Å². The van der Waals surface area contributed by atoms with Gasteiger partial charge in [-0.25, -0.2) is 0 Å². The number of ether oxygens (including phenoxy) is 2. The van der Waals surface area contributed by atoms with Crippen LogP contribution in [0.25, 0.3) is 0 Å². The van der Waals surface area contributed by atoms with E-state index in [9.17, 15) is 19.2 Å². The number of amides is 2. The maximum Gasteiger partial charge on any atom is 0.237 e. The van der Waals surface area contributed by atoms with E-state index in [2.05, 4.69) is 0 Å². The molecule has 7 nitrogen and oxygen atoms in total. The normalized spacial score (nSPS) is 23.9. The highest BCUT2D eigenvalue weighted by molar-refractivity contribution is 6.35. The minimum atomic E-state index is -2.05. The van der Waals surface area contributed by atoms with Crippen molar-refractivity contribution in [3.05, 3.63) is 101 Å². The molecule has 0 radical (unpaired) electrons. The molecule has 0 unspecified atom stereocenters. The molecular formula is C29H23NO6. The lowest BCUT2D eigenvalue weighted by Gasteiger charge is -2.27. The van der Waals surface area contributed by atoms with Gasteiger partial charge in [0.1, 0.15) is 5.75 Å². The minimum absolute atomic E-state index is 0.0285. The van der Waals surface area contributed by atoms with Crippen LogP contribution in [0.15, 0.2) is 72.8 Å². The molecule has 1 spiro atoms. The Hall–Kier alpha value is -4.10. The Morgan fingerprint density at radius 2 is 1.44 bits per heavy atom. The lowest BCUT2D eigenvalue weighted by molar-refractivity contribution is -0.145. The summed E-state index contributed by atoms with van der Waals surface area (Å²) in [5.74, 6) is -3.69. The number of ketones is 2. The molecule has 6 rings (SSSR count). The third-order valence-electron chi connectivity index (χ3n) is 7.52. The van der Waals surface area contributed by atoms with Crippen molar-refractivity contribution in [2.24, 2.45) is 11.8 Å². The van der Waals surface area contributed by atoms with Crippen LogP contribution in [0.2, 0.25) is 0 Å². The van der Waals surface area contributed by atoms with Gasteiger partial charge in [-0.1, -0.05) is 66.2 Å². The summed E-state index contributed by atoms with van der Waals surface area (Å²) in [6, 6.07) is 20.9. The first-order valence-corrected chi connectivity index (χ1v) is 11.8. The molecule has 3 aliphatic rings. The molecule has 0 N–H and O–H groups in total. The van der Waals surface area contributed by atoms with Crippen molar-refractivity contribution in [3.63, 3.8) is 0 Å². The molecule has 0 aromatic heterocycles. The van der Waals surface area contributed by atoms with E-state index in [1.807, 2.05) is 31.2 Å². The monoisotopic (exact) mass is 481 g/mol. The average Bonchev–Trinajstić information content (AvgIpc) is 3.46. The third-order valence-corrected chi connectivity index (χ3v) is 7.52. The predicted molar refractivity (Wildman–Crippen MR) is 128 cm³/mol. The van der Waals surface area contributed by atoms with Gasteiger partial charge in [0.25, 0.3) is 0 Å². The van der Waals surface area contributed by atoms with Gasteiger partial charge >= 0.3 is 0 Å². The molecule has 180 valence electrons. The first-order chi connectivity index (χ1) is 17.4. The zero-order valence-electron chi connectivity index (χ0n) is 19.8. The number of aryl methyl sites for hydroxylation is 1. The number of carbonyl (C=O) groups is 4. The SMILES string of the molecule is COc1ccc(CN2C(=O)[C@H]3[C@@H](c4ccc(C)cc4)OC4(C(=O)c5ccccc5C4=O)[C@H]3C2=O)cc1. The van der Waals surface area contributed by atoms with Crippen molar-refractivity contribution in [3.8, 4) is 5.75 Å². The largest absolute Gasteiger partial charge is 0.497 e. The maximum absolute atomic E-state index is 13.9. The Balaban J connectivity index is 1.45. The second kappa shape index (κ2) is 7.96.